The maximum absolute atomic E-state index is 13.7. The van der Waals surface area contributed by atoms with E-state index in [9.17, 15) is 9.36 Å². The van der Waals surface area contributed by atoms with E-state index in [1.54, 1.807) is 66.7 Å². The molecule has 0 N–H and O–H groups in total. The van der Waals surface area contributed by atoms with Crippen LogP contribution in [-0.4, -0.2) is 5.91 Å². The molecule has 0 spiro atoms. The number of phosphoric acid groups is 1. The summed E-state index contributed by atoms with van der Waals surface area (Å²) in [6, 6.07) is 26.3. The summed E-state index contributed by atoms with van der Waals surface area (Å²) in [5, 5.41) is 0. The second-order valence-corrected chi connectivity index (χ2v) is 7.94. The van der Waals surface area contributed by atoms with Gasteiger partial charge < -0.3 is 13.6 Å². The molecular formula is C23H20NO5P. The molecule has 0 saturated heterocycles. The van der Waals surface area contributed by atoms with Crippen molar-refractivity contribution < 1.29 is 22.9 Å². The molecule has 1 amide bonds. The van der Waals surface area contributed by atoms with Crippen LogP contribution < -0.4 is 13.9 Å². The first kappa shape index (κ1) is 19.8. The summed E-state index contributed by atoms with van der Waals surface area (Å²) in [5.74, 6) is 0.605. The summed E-state index contributed by atoms with van der Waals surface area (Å²) in [4.78, 5) is 14.0. The fraction of sp³-hybridized carbons (Fsp3) is 0.0870. The number of anilines is 1. The molecule has 0 aromatic heterocycles. The Kier molecular flexibility index (Phi) is 5.87. The van der Waals surface area contributed by atoms with Crippen LogP contribution in [0.3, 0.4) is 0 Å². The number of carbonyl (C=O) groups is 1. The van der Waals surface area contributed by atoms with Gasteiger partial charge in [0.1, 0.15) is 11.5 Å². The van der Waals surface area contributed by atoms with E-state index in [4.69, 9.17) is 13.6 Å². The molecule has 4 rings (SSSR count). The predicted octanol–water partition coefficient (Wildman–Crippen LogP) is 5.94. The molecule has 0 saturated carbocycles. The van der Waals surface area contributed by atoms with E-state index in [2.05, 4.69) is 0 Å². The molecular weight excluding hydrogens is 401 g/mol. The van der Waals surface area contributed by atoms with Crippen molar-refractivity contribution in [1.82, 2.24) is 0 Å². The summed E-state index contributed by atoms with van der Waals surface area (Å²) in [6.07, 6.45) is 2.50. The van der Waals surface area contributed by atoms with Crippen LogP contribution in [0.4, 0.5) is 5.69 Å². The zero-order chi connectivity index (χ0) is 20.8. The average Bonchev–Trinajstić information content (AvgIpc) is 2.75. The van der Waals surface area contributed by atoms with Crippen LogP contribution in [0.5, 0.6) is 11.5 Å². The number of amides is 1. The van der Waals surface area contributed by atoms with Gasteiger partial charge in [0.25, 0.3) is 0 Å². The molecule has 30 heavy (non-hydrogen) atoms. The number of para-hydroxylation sites is 3. The van der Waals surface area contributed by atoms with Crippen LogP contribution in [0.2, 0.25) is 0 Å². The van der Waals surface area contributed by atoms with Crippen molar-refractivity contribution in [2.45, 2.75) is 12.8 Å². The molecule has 6 nitrogen and oxygen atoms in total. The maximum Gasteiger partial charge on any atom is 0.648 e. The van der Waals surface area contributed by atoms with Gasteiger partial charge in [0.15, 0.2) is 0 Å². The second kappa shape index (κ2) is 8.89. The Hall–Kier alpha value is -3.50. The fourth-order valence-electron chi connectivity index (χ4n) is 2.96. The summed E-state index contributed by atoms with van der Waals surface area (Å²) >= 11 is 0. The number of phosphoric ester groups is 1. The SMILES string of the molecule is O=C1CCC=C(OP(=O)(Oc2ccccc2)Oc2ccccc2)N1c1ccccc1. The van der Waals surface area contributed by atoms with E-state index in [1.165, 1.54) is 4.90 Å². The van der Waals surface area contributed by atoms with Gasteiger partial charge >= 0.3 is 7.82 Å². The lowest BCUT2D eigenvalue weighted by atomic mass is 10.2. The largest absolute Gasteiger partial charge is 0.648 e. The molecule has 0 bridgehead atoms. The first-order valence-electron chi connectivity index (χ1n) is 9.50. The first-order valence-corrected chi connectivity index (χ1v) is 11.0. The number of hydrogen-bond donors (Lipinski definition) is 0. The monoisotopic (exact) mass is 421 g/mol. The number of benzene rings is 3. The third-order valence-electron chi connectivity index (χ3n) is 4.29. The van der Waals surface area contributed by atoms with Crippen LogP contribution in [-0.2, 0) is 13.9 Å². The van der Waals surface area contributed by atoms with E-state index in [-0.39, 0.29) is 11.8 Å². The summed E-state index contributed by atoms with van der Waals surface area (Å²) in [5.41, 5.74) is 0.611. The van der Waals surface area contributed by atoms with Crippen molar-refractivity contribution in [2.75, 3.05) is 4.90 Å². The number of rotatable bonds is 7. The van der Waals surface area contributed by atoms with Crippen LogP contribution in [0.15, 0.2) is 103 Å². The van der Waals surface area contributed by atoms with E-state index in [1.807, 2.05) is 30.3 Å². The minimum atomic E-state index is -4.18. The fourth-order valence-corrected chi connectivity index (χ4v) is 4.22. The van der Waals surface area contributed by atoms with E-state index in [0.717, 1.165) is 0 Å². The van der Waals surface area contributed by atoms with Gasteiger partial charge in [-0.1, -0.05) is 54.6 Å². The molecule has 3 aromatic carbocycles. The number of nitrogens with zero attached hydrogens (tertiary/aromatic N) is 1. The third-order valence-corrected chi connectivity index (χ3v) is 5.57. The molecule has 152 valence electrons. The number of carbonyl (C=O) groups excluding carboxylic acids is 1. The Bertz CT molecular complexity index is 1030. The minimum absolute atomic E-state index is 0.118. The minimum Gasteiger partial charge on any atom is -0.386 e. The Morgan fingerprint density at radius 3 is 1.73 bits per heavy atom. The lowest BCUT2D eigenvalue weighted by molar-refractivity contribution is -0.118. The molecule has 1 aliphatic heterocycles. The Morgan fingerprint density at radius 1 is 0.700 bits per heavy atom. The van der Waals surface area contributed by atoms with Gasteiger partial charge in [-0.25, -0.2) is 0 Å². The highest BCUT2D eigenvalue weighted by atomic mass is 31.2. The van der Waals surface area contributed by atoms with Gasteiger partial charge in [0.05, 0.1) is 5.69 Å². The van der Waals surface area contributed by atoms with Crippen molar-refractivity contribution in [1.29, 1.82) is 0 Å². The molecule has 1 aliphatic rings. The topological polar surface area (TPSA) is 65.1 Å². The van der Waals surface area contributed by atoms with Crippen molar-refractivity contribution in [3.05, 3.63) is 103 Å². The van der Waals surface area contributed by atoms with Crippen LogP contribution in [0.1, 0.15) is 12.8 Å². The highest BCUT2D eigenvalue weighted by molar-refractivity contribution is 7.49. The Morgan fingerprint density at radius 2 is 1.20 bits per heavy atom. The van der Waals surface area contributed by atoms with E-state index < -0.39 is 7.82 Å². The second-order valence-electron chi connectivity index (χ2n) is 6.49. The predicted molar refractivity (Wildman–Crippen MR) is 114 cm³/mol. The van der Waals surface area contributed by atoms with Gasteiger partial charge in [-0.15, -0.1) is 0 Å². The van der Waals surface area contributed by atoms with Crippen LogP contribution in [0.25, 0.3) is 0 Å². The van der Waals surface area contributed by atoms with Gasteiger partial charge in [0.2, 0.25) is 11.8 Å². The molecule has 0 unspecified atom stereocenters. The molecule has 0 radical (unpaired) electrons. The van der Waals surface area contributed by atoms with Gasteiger partial charge in [0, 0.05) is 6.42 Å². The molecule has 0 atom stereocenters. The lowest BCUT2D eigenvalue weighted by Crippen LogP contribution is -2.33. The highest BCUT2D eigenvalue weighted by Gasteiger charge is 2.38. The van der Waals surface area contributed by atoms with Gasteiger partial charge in [-0.2, -0.15) is 4.57 Å². The zero-order valence-corrected chi connectivity index (χ0v) is 17.0. The highest BCUT2D eigenvalue weighted by Crippen LogP contribution is 2.52. The van der Waals surface area contributed by atoms with Crippen molar-refractivity contribution >= 4 is 19.4 Å². The van der Waals surface area contributed by atoms with E-state index >= 15 is 0 Å². The molecule has 0 fully saturated rings. The Balaban J connectivity index is 1.67. The van der Waals surface area contributed by atoms with E-state index in [0.29, 0.717) is 30.0 Å². The third kappa shape index (κ3) is 4.73. The van der Waals surface area contributed by atoms with Crippen molar-refractivity contribution in [2.24, 2.45) is 0 Å². The summed E-state index contributed by atoms with van der Waals surface area (Å²) in [6.45, 7) is 0. The number of hydrogen-bond acceptors (Lipinski definition) is 5. The standard InChI is InChI=1S/C23H20NO5P/c25-22-17-10-18-23(24(22)19-11-4-1-5-12-19)29-30(26,27-20-13-6-2-7-14-20)28-21-15-8-3-9-16-21/h1-9,11-16,18H,10,17H2. The Labute approximate surface area is 174 Å². The first-order chi connectivity index (χ1) is 14.6. The summed E-state index contributed by atoms with van der Waals surface area (Å²) in [7, 11) is -4.18. The van der Waals surface area contributed by atoms with Crippen LogP contribution in [0, 0.1) is 0 Å². The molecule has 0 aliphatic carbocycles. The van der Waals surface area contributed by atoms with Crippen molar-refractivity contribution in [3.63, 3.8) is 0 Å². The van der Waals surface area contributed by atoms with Gasteiger partial charge in [-0.05, 0) is 48.9 Å². The molecule has 3 aromatic rings. The zero-order valence-electron chi connectivity index (χ0n) is 16.1. The summed E-state index contributed by atoms with van der Waals surface area (Å²) < 4.78 is 30.8. The van der Waals surface area contributed by atoms with Gasteiger partial charge in [-0.3, -0.25) is 9.69 Å². The number of allylic oxidation sites excluding steroid dienone is 1. The average molecular weight is 421 g/mol. The molecule has 7 heteroatoms. The van der Waals surface area contributed by atoms with Crippen LogP contribution >= 0.6 is 7.82 Å². The smallest absolute Gasteiger partial charge is 0.386 e. The maximum atomic E-state index is 13.7. The normalized spacial score (nSPS) is 14.1. The van der Waals surface area contributed by atoms with Crippen molar-refractivity contribution in [3.8, 4) is 11.5 Å². The molecule has 1 heterocycles. The quantitative estimate of drug-likeness (QED) is 0.442. The lowest BCUT2D eigenvalue weighted by Gasteiger charge is -2.30.